The summed E-state index contributed by atoms with van der Waals surface area (Å²) in [5, 5.41) is 10.8. The SMILES string of the molecule is CC(C)CC(=O)Cc1cc(F)c(Br)cc1[N+](=O)[O-]. The van der Waals surface area contributed by atoms with Gasteiger partial charge in [0.25, 0.3) is 5.69 Å². The van der Waals surface area contributed by atoms with Gasteiger partial charge in [-0.2, -0.15) is 0 Å². The van der Waals surface area contributed by atoms with Gasteiger partial charge >= 0.3 is 0 Å². The summed E-state index contributed by atoms with van der Waals surface area (Å²) in [5.74, 6) is -0.556. The van der Waals surface area contributed by atoms with E-state index in [1.807, 2.05) is 13.8 Å². The van der Waals surface area contributed by atoms with Gasteiger partial charge in [0.1, 0.15) is 11.6 Å². The molecule has 18 heavy (non-hydrogen) atoms. The highest BCUT2D eigenvalue weighted by Gasteiger charge is 2.19. The molecule has 0 aliphatic carbocycles. The van der Waals surface area contributed by atoms with Crippen LogP contribution in [0.5, 0.6) is 0 Å². The molecule has 0 unspecified atom stereocenters. The minimum absolute atomic E-state index is 0.0225. The maximum Gasteiger partial charge on any atom is 0.274 e. The van der Waals surface area contributed by atoms with Crippen LogP contribution in [-0.2, 0) is 11.2 Å². The summed E-state index contributed by atoms with van der Waals surface area (Å²) in [5.41, 5.74) is -0.119. The van der Waals surface area contributed by atoms with Gasteiger partial charge in [0.2, 0.25) is 0 Å². The molecule has 0 radical (unpaired) electrons. The van der Waals surface area contributed by atoms with Crippen LogP contribution in [0.15, 0.2) is 16.6 Å². The van der Waals surface area contributed by atoms with Gasteiger partial charge in [-0.25, -0.2) is 4.39 Å². The molecule has 0 spiro atoms. The highest BCUT2D eigenvalue weighted by atomic mass is 79.9. The summed E-state index contributed by atoms with van der Waals surface area (Å²) in [4.78, 5) is 21.9. The lowest BCUT2D eigenvalue weighted by atomic mass is 10.00. The first-order valence-electron chi connectivity index (χ1n) is 5.45. The monoisotopic (exact) mass is 317 g/mol. The van der Waals surface area contributed by atoms with Gasteiger partial charge in [-0.05, 0) is 27.9 Å². The van der Waals surface area contributed by atoms with Gasteiger partial charge in [0.05, 0.1) is 9.40 Å². The Morgan fingerprint density at radius 2 is 2.11 bits per heavy atom. The normalized spacial score (nSPS) is 10.7. The third-order valence-electron chi connectivity index (χ3n) is 2.34. The van der Waals surface area contributed by atoms with Crippen LogP contribution in [0.4, 0.5) is 10.1 Å². The fourth-order valence-electron chi connectivity index (χ4n) is 1.63. The van der Waals surface area contributed by atoms with Gasteiger partial charge in [-0.15, -0.1) is 0 Å². The van der Waals surface area contributed by atoms with Crippen molar-refractivity contribution in [2.45, 2.75) is 26.7 Å². The number of carbonyl (C=O) groups excluding carboxylic acids is 1. The Labute approximate surface area is 112 Å². The van der Waals surface area contributed by atoms with Gasteiger partial charge in [-0.1, -0.05) is 13.8 Å². The van der Waals surface area contributed by atoms with Crippen molar-refractivity contribution in [2.75, 3.05) is 0 Å². The number of hydrogen-bond donors (Lipinski definition) is 0. The Hall–Kier alpha value is -1.30. The van der Waals surface area contributed by atoms with E-state index in [1.54, 1.807) is 0 Å². The van der Waals surface area contributed by atoms with Crippen molar-refractivity contribution in [3.8, 4) is 0 Å². The fraction of sp³-hybridized carbons (Fsp3) is 0.417. The third-order valence-corrected chi connectivity index (χ3v) is 2.95. The van der Waals surface area contributed by atoms with Crippen molar-refractivity contribution in [2.24, 2.45) is 5.92 Å². The number of nitrogens with zero attached hydrogens (tertiary/aromatic N) is 1. The molecule has 0 aliphatic rings. The van der Waals surface area contributed by atoms with Crippen LogP contribution < -0.4 is 0 Å². The fourth-order valence-corrected chi connectivity index (χ4v) is 1.96. The first-order chi connectivity index (χ1) is 8.31. The van der Waals surface area contributed by atoms with Crippen LogP contribution in [0, 0.1) is 21.8 Å². The van der Waals surface area contributed by atoms with Crippen molar-refractivity contribution in [1.29, 1.82) is 0 Å². The summed E-state index contributed by atoms with van der Waals surface area (Å²) in [6.45, 7) is 3.77. The molecule has 0 saturated heterocycles. The molecule has 0 saturated carbocycles. The van der Waals surface area contributed by atoms with Gasteiger partial charge < -0.3 is 0 Å². The number of carbonyl (C=O) groups is 1. The summed E-state index contributed by atoms with van der Waals surface area (Å²) >= 11 is 2.89. The van der Waals surface area contributed by atoms with Crippen LogP contribution in [0.25, 0.3) is 0 Å². The van der Waals surface area contributed by atoms with Crippen molar-refractivity contribution >= 4 is 27.4 Å². The number of rotatable bonds is 5. The number of nitro benzene ring substituents is 1. The molecule has 0 bridgehead atoms. The Morgan fingerprint density at radius 1 is 1.50 bits per heavy atom. The number of hydrogen-bond acceptors (Lipinski definition) is 3. The Kier molecular flexibility index (Phi) is 4.95. The average molecular weight is 318 g/mol. The molecule has 1 aromatic rings. The van der Waals surface area contributed by atoms with Crippen LogP contribution in [0.2, 0.25) is 0 Å². The number of halogens is 2. The molecular formula is C12H13BrFNO3. The van der Waals surface area contributed by atoms with Crippen molar-refractivity contribution in [3.63, 3.8) is 0 Å². The van der Waals surface area contributed by atoms with Crippen LogP contribution in [0.1, 0.15) is 25.8 Å². The maximum absolute atomic E-state index is 13.4. The van der Waals surface area contributed by atoms with Crippen molar-refractivity contribution in [3.05, 3.63) is 38.1 Å². The van der Waals surface area contributed by atoms with Gasteiger partial charge in [0, 0.05) is 24.5 Å². The van der Waals surface area contributed by atoms with Crippen molar-refractivity contribution in [1.82, 2.24) is 0 Å². The minimum Gasteiger partial charge on any atom is -0.299 e. The lowest BCUT2D eigenvalue weighted by molar-refractivity contribution is -0.385. The zero-order valence-corrected chi connectivity index (χ0v) is 11.7. The topological polar surface area (TPSA) is 60.2 Å². The smallest absolute Gasteiger partial charge is 0.274 e. The molecular weight excluding hydrogens is 305 g/mol. The molecule has 0 aliphatic heterocycles. The summed E-state index contributed by atoms with van der Waals surface area (Å²) in [6, 6.07) is 2.13. The number of Topliss-reactive ketones (excluding diaryl/α,β-unsaturated/α-hetero) is 1. The third kappa shape index (κ3) is 3.87. The summed E-state index contributed by atoms with van der Waals surface area (Å²) in [7, 11) is 0. The predicted octanol–water partition coefficient (Wildman–Crippen LogP) is 3.65. The Bertz CT molecular complexity index is 488. The van der Waals surface area contributed by atoms with Gasteiger partial charge in [-0.3, -0.25) is 14.9 Å². The number of nitro groups is 1. The van der Waals surface area contributed by atoms with E-state index in [-0.39, 0.29) is 33.8 Å². The quantitative estimate of drug-likeness (QED) is 0.615. The molecule has 0 N–H and O–H groups in total. The zero-order valence-electron chi connectivity index (χ0n) is 10.1. The second kappa shape index (κ2) is 6.04. The lowest BCUT2D eigenvalue weighted by Gasteiger charge is -2.06. The standard InChI is InChI=1S/C12H13BrFNO3/c1-7(2)3-9(16)4-8-5-11(14)10(13)6-12(8)15(17)18/h5-7H,3-4H2,1-2H3. The van der Waals surface area contributed by atoms with Gasteiger partial charge in [0.15, 0.2) is 0 Å². The Morgan fingerprint density at radius 3 is 2.61 bits per heavy atom. The molecule has 0 amide bonds. The number of ketones is 1. The predicted molar refractivity (Wildman–Crippen MR) is 68.9 cm³/mol. The maximum atomic E-state index is 13.4. The highest BCUT2D eigenvalue weighted by Crippen LogP contribution is 2.27. The van der Waals surface area contributed by atoms with E-state index in [1.165, 1.54) is 0 Å². The minimum atomic E-state index is -0.609. The first kappa shape index (κ1) is 14.8. The molecule has 1 rings (SSSR count). The van der Waals surface area contributed by atoms with Crippen LogP contribution in [-0.4, -0.2) is 10.7 Å². The van der Waals surface area contributed by atoms with E-state index in [0.29, 0.717) is 6.42 Å². The molecule has 0 atom stereocenters. The van der Waals surface area contributed by atoms with E-state index >= 15 is 0 Å². The van der Waals surface area contributed by atoms with E-state index < -0.39 is 10.7 Å². The number of benzene rings is 1. The average Bonchev–Trinajstić information content (AvgIpc) is 2.21. The molecule has 6 heteroatoms. The highest BCUT2D eigenvalue weighted by molar-refractivity contribution is 9.10. The second-order valence-corrected chi connectivity index (χ2v) is 5.32. The molecule has 0 aromatic heterocycles. The largest absolute Gasteiger partial charge is 0.299 e. The van der Waals surface area contributed by atoms with E-state index in [0.717, 1.165) is 12.1 Å². The van der Waals surface area contributed by atoms with E-state index in [2.05, 4.69) is 15.9 Å². The van der Waals surface area contributed by atoms with E-state index in [9.17, 15) is 19.3 Å². The Balaban J connectivity index is 3.04. The van der Waals surface area contributed by atoms with Crippen molar-refractivity contribution < 1.29 is 14.1 Å². The first-order valence-corrected chi connectivity index (χ1v) is 6.24. The second-order valence-electron chi connectivity index (χ2n) is 4.47. The molecule has 0 heterocycles. The van der Waals surface area contributed by atoms with Crippen LogP contribution in [0.3, 0.4) is 0 Å². The summed E-state index contributed by atoms with van der Waals surface area (Å²) < 4.78 is 13.4. The molecule has 4 nitrogen and oxygen atoms in total. The molecule has 98 valence electrons. The molecule has 1 aromatic carbocycles. The lowest BCUT2D eigenvalue weighted by Crippen LogP contribution is -2.08. The zero-order chi connectivity index (χ0) is 13.9. The van der Waals surface area contributed by atoms with Crippen LogP contribution >= 0.6 is 15.9 Å². The molecule has 0 fully saturated rings. The van der Waals surface area contributed by atoms with E-state index in [4.69, 9.17) is 0 Å². The summed E-state index contributed by atoms with van der Waals surface area (Å²) in [6.07, 6.45) is 0.216.